The Morgan fingerprint density at radius 3 is 2.09 bits per heavy atom. The third-order valence-electron chi connectivity index (χ3n) is 1.94. The number of aliphatic hydroxyl groups is 1. The Kier molecular flexibility index (Phi) is 4.43. The van der Waals surface area contributed by atoms with E-state index in [0.717, 1.165) is 12.0 Å². The fourth-order valence-corrected chi connectivity index (χ4v) is 1.33. The Labute approximate surface area is 70.1 Å². The summed E-state index contributed by atoms with van der Waals surface area (Å²) in [7, 11) is 0. The van der Waals surface area contributed by atoms with Gasteiger partial charge in [0, 0.05) is 0 Å². The summed E-state index contributed by atoms with van der Waals surface area (Å²) in [5.41, 5.74) is 1.15. The van der Waals surface area contributed by atoms with E-state index in [0.29, 0.717) is 11.8 Å². The van der Waals surface area contributed by atoms with Crippen molar-refractivity contribution in [3.63, 3.8) is 0 Å². The van der Waals surface area contributed by atoms with Gasteiger partial charge in [0.15, 0.2) is 0 Å². The van der Waals surface area contributed by atoms with Gasteiger partial charge in [-0.3, -0.25) is 0 Å². The SMILES string of the molecule is C=C(C)CC(C)C(O)C(C)C. The summed E-state index contributed by atoms with van der Waals surface area (Å²) in [6, 6.07) is 0. The highest BCUT2D eigenvalue weighted by Gasteiger charge is 2.17. The summed E-state index contributed by atoms with van der Waals surface area (Å²) in [5, 5.41) is 9.60. The van der Waals surface area contributed by atoms with E-state index in [1.54, 1.807) is 0 Å². The van der Waals surface area contributed by atoms with Gasteiger partial charge in [0.2, 0.25) is 0 Å². The lowest BCUT2D eigenvalue weighted by molar-refractivity contribution is 0.0724. The molecular weight excluding hydrogens is 136 g/mol. The van der Waals surface area contributed by atoms with Crippen molar-refractivity contribution in [3.05, 3.63) is 12.2 Å². The van der Waals surface area contributed by atoms with Crippen LogP contribution in [0.2, 0.25) is 0 Å². The molecule has 1 heteroatoms. The van der Waals surface area contributed by atoms with Crippen LogP contribution in [0, 0.1) is 11.8 Å². The summed E-state index contributed by atoms with van der Waals surface area (Å²) in [6.45, 7) is 12.0. The molecule has 0 aromatic carbocycles. The molecule has 11 heavy (non-hydrogen) atoms. The number of rotatable bonds is 4. The minimum atomic E-state index is -0.188. The van der Waals surface area contributed by atoms with Crippen LogP contribution in [0.15, 0.2) is 12.2 Å². The summed E-state index contributed by atoms with van der Waals surface area (Å²) in [5.74, 6) is 0.692. The maximum Gasteiger partial charge on any atom is 0.0591 e. The fourth-order valence-electron chi connectivity index (χ4n) is 1.33. The summed E-state index contributed by atoms with van der Waals surface area (Å²) < 4.78 is 0. The molecule has 0 bridgehead atoms. The van der Waals surface area contributed by atoms with Gasteiger partial charge >= 0.3 is 0 Å². The van der Waals surface area contributed by atoms with Crippen molar-refractivity contribution in [2.75, 3.05) is 0 Å². The fraction of sp³-hybridized carbons (Fsp3) is 0.800. The molecule has 0 aromatic rings. The van der Waals surface area contributed by atoms with Gasteiger partial charge in [-0.25, -0.2) is 0 Å². The summed E-state index contributed by atoms with van der Waals surface area (Å²) in [6.07, 6.45) is 0.742. The number of allylic oxidation sites excluding steroid dienone is 1. The predicted octanol–water partition coefficient (Wildman–Crippen LogP) is 2.61. The minimum absolute atomic E-state index is 0.188. The Bertz CT molecular complexity index is 127. The zero-order chi connectivity index (χ0) is 9.02. The molecule has 2 atom stereocenters. The van der Waals surface area contributed by atoms with Gasteiger partial charge < -0.3 is 5.11 Å². The molecule has 0 spiro atoms. The second kappa shape index (κ2) is 4.55. The van der Waals surface area contributed by atoms with Gasteiger partial charge in [-0.1, -0.05) is 26.3 Å². The van der Waals surface area contributed by atoms with Gasteiger partial charge in [-0.05, 0) is 25.2 Å². The zero-order valence-electron chi connectivity index (χ0n) is 8.09. The lowest BCUT2D eigenvalue weighted by Gasteiger charge is -2.21. The number of hydrogen-bond donors (Lipinski definition) is 1. The second-order valence-corrected chi connectivity index (χ2v) is 3.87. The zero-order valence-corrected chi connectivity index (χ0v) is 8.09. The van der Waals surface area contributed by atoms with Crippen LogP contribution in [0.1, 0.15) is 34.1 Å². The molecule has 0 saturated heterocycles. The van der Waals surface area contributed by atoms with E-state index in [9.17, 15) is 5.11 Å². The maximum atomic E-state index is 9.60. The van der Waals surface area contributed by atoms with Gasteiger partial charge in [-0.15, -0.1) is 6.58 Å². The monoisotopic (exact) mass is 156 g/mol. The van der Waals surface area contributed by atoms with Gasteiger partial charge in [0.05, 0.1) is 6.10 Å². The van der Waals surface area contributed by atoms with Crippen LogP contribution in [0.3, 0.4) is 0 Å². The van der Waals surface area contributed by atoms with Crippen LogP contribution >= 0.6 is 0 Å². The van der Waals surface area contributed by atoms with Crippen LogP contribution in [-0.2, 0) is 0 Å². The van der Waals surface area contributed by atoms with E-state index >= 15 is 0 Å². The van der Waals surface area contributed by atoms with E-state index in [2.05, 4.69) is 13.5 Å². The average molecular weight is 156 g/mol. The smallest absolute Gasteiger partial charge is 0.0591 e. The van der Waals surface area contributed by atoms with Gasteiger partial charge in [0.1, 0.15) is 0 Å². The molecule has 0 heterocycles. The maximum absolute atomic E-state index is 9.60. The van der Waals surface area contributed by atoms with E-state index in [4.69, 9.17) is 0 Å². The first-order chi connectivity index (χ1) is 4.95. The van der Waals surface area contributed by atoms with Gasteiger partial charge in [-0.2, -0.15) is 0 Å². The van der Waals surface area contributed by atoms with Crippen LogP contribution < -0.4 is 0 Å². The topological polar surface area (TPSA) is 20.2 Å². The molecule has 0 rings (SSSR count). The summed E-state index contributed by atoms with van der Waals surface area (Å²) in [4.78, 5) is 0. The standard InChI is InChI=1S/C10H20O/c1-7(2)6-9(5)10(11)8(3)4/h8-11H,1,6H2,2-5H3. The third-order valence-corrected chi connectivity index (χ3v) is 1.94. The molecule has 0 radical (unpaired) electrons. The summed E-state index contributed by atoms with van der Waals surface area (Å²) >= 11 is 0. The van der Waals surface area contributed by atoms with Crippen molar-refractivity contribution in [3.8, 4) is 0 Å². The largest absolute Gasteiger partial charge is 0.393 e. The molecule has 0 aromatic heterocycles. The van der Waals surface area contributed by atoms with Crippen molar-refractivity contribution in [2.45, 2.75) is 40.2 Å². The van der Waals surface area contributed by atoms with Crippen LogP contribution in [0.25, 0.3) is 0 Å². The Hall–Kier alpha value is -0.300. The first kappa shape index (κ1) is 10.7. The van der Waals surface area contributed by atoms with Crippen LogP contribution in [-0.4, -0.2) is 11.2 Å². The van der Waals surface area contributed by atoms with Crippen LogP contribution in [0.4, 0.5) is 0 Å². The second-order valence-electron chi connectivity index (χ2n) is 3.87. The number of aliphatic hydroxyl groups excluding tert-OH is 1. The van der Waals surface area contributed by atoms with E-state index < -0.39 is 0 Å². The highest BCUT2D eigenvalue weighted by atomic mass is 16.3. The molecule has 0 aliphatic heterocycles. The normalized spacial score (nSPS) is 16.5. The lowest BCUT2D eigenvalue weighted by Crippen LogP contribution is -2.23. The quantitative estimate of drug-likeness (QED) is 0.620. The van der Waals surface area contributed by atoms with Crippen molar-refractivity contribution in [2.24, 2.45) is 11.8 Å². The molecule has 0 aliphatic rings. The molecule has 2 unspecified atom stereocenters. The molecule has 0 amide bonds. The highest BCUT2D eigenvalue weighted by molar-refractivity contribution is 4.91. The van der Waals surface area contributed by atoms with Crippen LogP contribution in [0.5, 0.6) is 0 Å². The predicted molar refractivity (Wildman–Crippen MR) is 49.4 cm³/mol. The molecule has 66 valence electrons. The van der Waals surface area contributed by atoms with E-state index in [-0.39, 0.29) is 6.10 Å². The molecule has 0 fully saturated rings. The Morgan fingerprint density at radius 1 is 1.36 bits per heavy atom. The molecule has 1 N–H and O–H groups in total. The third kappa shape index (κ3) is 4.20. The minimum Gasteiger partial charge on any atom is -0.393 e. The van der Waals surface area contributed by atoms with Crippen molar-refractivity contribution in [1.29, 1.82) is 0 Å². The molecule has 1 nitrogen and oxygen atoms in total. The van der Waals surface area contributed by atoms with Crippen molar-refractivity contribution < 1.29 is 5.11 Å². The lowest BCUT2D eigenvalue weighted by atomic mass is 9.90. The molecule has 0 saturated carbocycles. The first-order valence-electron chi connectivity index (χ1n) is 4.27. The number of hydrogen-bond acceptors (Lipinski definition) is 1. The van der Waals surface area contributed by atoms with E-state index in [1.165, 1.54) is 0 Å². The highest BCUT2D eigenvalue weighted by Crippen LogP contribution is 2.18. The first-order valence-corrected chi connectivity index (χ1v) is 4.27. The Morgan fingerprint density at radius 2 is 1.82 bits per heavy atom. The molecular formula is C10H20O. The Balaban J connectivity index is 3.82. The van der Waals surface area contributed by atoms with Crippen molar-refractivity contribution in [1.82, 2.24) is 0 Å². The van der Waals surface area contributed by atoms with Gasteiger partial charge in [0.25, 0.3) is 0 Å². The van der Waals surface area contributed by atoms with Crippen molar-refractivity contribution >= 4 is 0 Å². The van der Waals surface area contributed by atoms with E-state index in [1.807, 2.05) is 20.8 Å². The molecule has 0 aliphatic carbocycles. The average Bonchev–Trinajstić information content (AvgIpc) is 1.84.